The minimum atomic E-state index is -0.0948. The molecule has 2 nitrogen and oxygen atoms in total. The third-order valence-corrected chi connectivity index (χ3v) is 10.3. The van der Waals surface area contributed by atoms with Crippen molar-refractivity contribution in [3.63, 3.8) is 0 Å². The lowest BCUT2D eigenvalue weighted by Gasteiger charge is -2.23. The molecule has 2 aliphatic carbocycles. The Kier molecular flexibility index (Phi) is 7.72. The van der Waals surface area contributed by atoms with Crippen molar-refractivity contribution >= 4 is 27.4 Å². The number of aromatic nitrogens is 1. The van der Waals surface area contributed by atoms with Crippen LogP contribution in [0, 0.1) is 0 Å². The van der Waals surface area contributed by atoms with Gasteiger partial charge >= 0.3 is 0 Å². The van der Waals surface area contributed by atoms with Crippen LogP contribution >= 0.6 is 0 Å². The largest absolute Gasteiger partial charge is 0.321 e. The number of fused-ring (bicyclic) bond motifs is 7. The molecule has 9 rings (SSSR count). The Labute approximate surface area is 293 Å². The lowest BCUT2D eigenvalue weighted by Crippen LogP contribution is -2.22. The Morgan fingerprint density at radius 3 is 2.20 bits per heavy atom. The molecule has 6 aromatic carbocycles. The first-order valence-electron chi connectivity index (χ1n) is 17.6. The molecule has 1 atom stereocenters. The van der Waals surface area contributed by atoms with Gasteiger partial charge in [0.2, 0.25) is 0 Å². The summed E-state index contributed by atoms with van der Waals surface area (Å²) < 4.78 is 2.41. The van der Waals surface area contributed by atoms with E-state index < -0.39 is 0 Å². The number of hydrogen-bond acceptors (Lipinski definition) is 1. The van der Waals surface area contributed by atoms with E-state index in [4.69, 9.17) is 5.73 Å². The molecular formula is C48H38N2. The fourth-order valence-electron chi connectivity index (χ4n) is 7.91. The first-order chi connectivity index (χ1) is 24.7. The zero-order chi connectivity index (χ0) is 33.4. The Hall–Kier alpha value is -5.96. The zero-order valence-corrected chi connectivity index (χ0v) is 28.0. The van der Waals surface area contributed by atoms with Crippen LogP contribution in [0.3, 0.4) is 0 Å². The lowest BCUT2D eigenvalue weighted by molar-refractivity contribution is 0.839. The first-order valence-corrected chi connectivity index (χ1v) is 17.6. The van der Waals surface area contributed by atoms with Crippen molar-refractivity contribution in [2.75, 3.05) is 0 Å². The van der Waals surface area contributed by atoms with Crippen molar-refractivity contribution in [2.45, 2.75) is 25.3 Å². The van der Waals surface area contributed by atoms with E-state index in [0.717, 1.165) is 24.9 Å². The van der Waals surface area contributed by atoms with Gasteiger partial charge in [-0.25, -0.2) is 0 Å². The Bertz CT molecular complexity index is 2520. The molecular weight excluding hydrogens is 605 g/mol. The standard InChI is InChI=1S/C48H38N2/c49-46-24-6-2-5-16-37-30-35(26-28-39(37)40-19-7-8-20-41(40)42-21-9-10-22-43(42)46)36-27-29-48-45(32-36)44-23-11-12-25-47(44)50(48)38-18-13-17-34(31-38)33-14-3-1-4-15-33/h1-9,11-15,17-21,23-32,46H,10,16,22,49H2/b5-2-,24-6-. The molecule has 2 aliphatic rings. The first kappa shape index (κ1) is 30.1. The van der Waals surface area contributed by atoms with Crippen molar-refractivity contribution < 1.29 is 0 Å². The van der Waals surface area contributed by atoms with E-state index in [-0.39, 0.29) is 6.04 Å². The van der Waals surface area contributed by atoms with Crippen LogP contribution in [0.5, 0.6) is 0 Å². The number of para-hydroxylation sites is 1. The van der Waals surface area contributed by atoms with Crippen molar-refractivity contribution in [3.8, 4) is 39.1 Å². The molecule has 1 aromatic heterocycles. The van der Waals surface area contributed by atoms with E-state index in [9.17, 15) is 0 Å². The average Bonchev–Trinajstić information content (AvgIpc) is 3.51. The van der Waals surface area contributed by atoms with Crippen molar-refractivity contribution in [1.29, 1.82) is 0 Å². The highest BCUT2D eigenvalue weighted by Gasteiger charge is 2.20. The van der Waals surface area contributed by atoms with Crippen LogP contribution in [-0.4, -0.2) is 10.6 Å². The maximum Gasteiger partial charge on any atom is 0.0541 e. The highest BCUT2D eigenvalue weighted by Crippen LogP contribution is 2.40. The molecule has 240 valence electrons. The highest BCUT2D eigenvalue weighted by molar-refractivity contribution is 6.10. The van der Waals surface area contributed by atoms with Crippen molar-refractivity contribution in [2.24, 2.45) is 5.73 Å². The van der Waals surface area contributed by atoms with Crippen molar-refractivity contribution in [1.82, 2.24) is 4.57 Å². The second-order valence-electron chi connectivity index (χ2n) is 13.3. The highest BCUT2D eigenvalue weighted by atomic mass is 15.0. The fourth-order valence-corrected chi connectivity index (χ4v) is 7.91. The monoisotopic (exact) mass is 642 g/mol. The van der Waals surface area contributed by atoms with Crippen LogP contribution < -0.4 is 5.73 Å². The third kappa shape index (κ3) is 5.35. The smallest absolute Gasteiger partial charge is 0.0541 e. The topological polar surface area (TPSA) is 30.9 Å². The molecule has 0 saturated heterocycles. The lowest BCUT2D eigenvalue weighted by atomic mass is 9.83. The van der Waals surface area contributed by atoms with Gasteiger partial charge in [-0.15, -0.1) is 0 Å². The molecule has 1 heterocycles. The maximum absolute atomic E-state index is 6.73. The van der Waals surface area contributed by atoms with E-state index in [1.807, 2.05) is 0 Å². The van der Waals surface area contributed by atoms with Crippen LogP contribution in [0.2, 0.25) is 0 Å². The summed E-state index contributed by atoms with van der Waals surface area (Å²) in [5.74, 6) is 0. The van der Waals surface area contributed by atoms with Gasteiger partial charge in [-0.2, -0.15) is 0 Å². The van der Waals surface area contributed by atoms with Gasteiger partial charge in [0.1, 0.15) is 0 Å². The Balaban J connectivity index is 1.18. The number of nitrogens with two attached hydrogens (primary N) is 1. The summed E-state index contributed by atoms with van der Waals surface area (Å²) in [6, 6.07) is 51.0. The van der Waals surface area contributed by atoms with Crippen LogP contribution in [0.25, 0.3) is 66.4 Å². The molecule has 2 N–H and O–H groups in total. The number of benzene rings is 6. The predicted octanol–water partition coefficient (Wildman–Crippen LogP) is 11.9. The van der Waals surface area contributed by atoms with Gasteiger partial charge in [0.15, 0.2) is 0 Å². The van der Waals surface area contributed by atoms with Crippen LogP contribution in [-0.2, 0) is 6.42 Å². The molecule has 0 radical (unpaired) electrons. The van der Waals surface area contributed by atoms with Gasteiger partial charge in [0.05, 0.1) is 11.0 Å². The molecule has 0 amide bonds. The molecule has 1 unspecified atom stereocenters. The van der Waals surface area contributed by atoms with Crippen LogP contribution in [0.1, 0.15) is 24.0 Å². The SMILES string of the molecule is NC1/C=C\C=C/Cc2cc(-c3ccc4c(c3)c3ccccc3n4-c3cccc(-c4ccccc4)c3)ccc2-c2ccccc2C2=C1CCC=C2. The van der Waals surface area contributed by atoms with Gasteiger partial charge in [-0.1, -0.05) is 146 Å². The van der Waals surface area contributed by atoms with Gasteiger partial charge < -0.3 is 10.3 Å². The molecule has 0 bridgehead atoms. The minimum Gasteiger partial charge on any atom is -0.321 e. The number of rotatable bonds is 3. The molecule has 0 aliphatic heterocycles. The predicted molar refractivity (Wildman–Crippen MR) is 212 cm³/mol. The van der Waals surface area contributed by atoms with Gasteiger partial charge in [0.25, 0.3) is 0 Å². The summed E-state index contributed by atoms with van der Waals surface area (Å²) in [6.07, 6.45) is 16.1. The summed E-state index contributed by atoms with van der Waals surface area (Å²) in [7, 11) is 0. The molecule has 0 saturated carbocycles. The average molecular weight is 643 g/mol. The summed E-state index contributed by atoms with van der Waals surface area (Å²) in [4.78, 5) is 0. The summed E-state index contributed by atoms with van der Waals surface area (Å²) in [5.41, 5.74) is 22.9. The van der Waals surface area contributed by atoms with Gasteiger partial charge in [-0.05, 0) is 105 Å². The van der Waals surface area contributed by atoms with E-state index >= 15 is 0 Å². The Morgan fingerprint density at radius 2 is 1.28 bits per heavy atom. The Morgan fingerprint density at radius 1 is 0.540 bits per heavy atom. The normalized spacial score (nSPS) is 17.0. The fraction of sp³-hybridized carbons (Fsp3) is 0.0833. The molecule has 50 heavy (non-hydrogen) atoms. The second kappa shape index (κ2) is 12.8. The maximum atomic E-state index is 6.73. The van der Waals surface area contributed by atoms with E-state index in [1.165, 1.54) is 77.5 Å². The van der Waals surface area contributed by atoms with Crippen LogP contribution in [0.4, 0.5) is 0 Å². The quantitative estimate of drug-likeness (QED) is 0.204. The second-order valence-corrected chi connectivity index (χ2v) is 13.3. The number of allylic oxidation sites excluding steroid dienone is 6. The van der Waals surface area contributed by atoms with E-state index in [1.54, 1.807) is 0 Å². The molecule has 7 aromatic rings. The molecule has 2 heteroatoms. The van der Waals surface area contributed by atoms with E-state index in [0.29, 0.717) is 0 Å². The molecule has 0 spiro atoms. The molecule has 0 fully saturated rings. The zero-order valence-electron chi connectivity index (χ0n) is 28.0. The minimum absolute atomic E-state index is 0.0948. The summed E-state index contributed by atoms with van der Waals surface area (Å²) in [6.45, 7) is 0. The van der Waals surface area contributed by atoms with Crippen LogP contribution in [0.15, 0.2) is 182 Å². The summed E-state index contributed by atoms with van der Waals surface area (Å²) in [5, 5.41) is 2.51. The van der Waals surface area contributed by atoms with E-state index in [2.05, 4.69) is 181 Å². The summed E-state index contributed by atoms with van der Waals surface area (Å²) >= 11 is 0. The van der Waals surface area contributed by atoms with Gasteiger partial charge in [-0.3, -0.25) is 0 Å². The van der Waals surface area contributed by atoms with Crippen molar-refractivity contribution in [3.05, 3.63) is 193 Å². The number of hydrogen-bond donors (Lipinski definition) is 1. The van der Waals surface area contributed by atoms with Gasteiger partial charge in [0, 0.05) is 22.5 Å². The number of nitrogens with zero attached hydrogens (tertiary/aromatic N) is 1. The third-order valence-electron chi connectivity index (χ3n) is 10.3.